The van der Waals surface area contributed by atoms with Crippen LogP contribution in [0.25, 0.3) is 0 Å². The van der Waals surface area contributed by atoms with Crippen LogP contribution >= 0.6 is 11.6 Å². The number of hydrogen-bond donors (Lipinski definition) is 1. The molecule has 0 heterocycles. The number of carbonyl (C=O) groups excluding carboxylic acids is 1. The summed E-state index contributed by atoms with van der Waals surface area (Å²) >= 11 is 5.92. The summed E-state index contributed by atoms with van der Waals surface area (Å²) in [6.07, 6.45) is 1.03. The fraction of sp³-hybridized carbons (Fsp3) is 0.350. The standard InChI is InChI=1S/C20H24ClNO4/c1-14-9-16(21)6-7-19(14)26-8-4-5-20(23)22-13-15-10-17(24-2)12-18(11-15)25-3/h6-7,9-12H,4-5,8,13H2,1-3H3,(H,22,23). The minimum absolute atomic E-state index is 0.0248. The van der Waals surface area contributed by atoms with Crippen LogP contribution < -0.4 is 19.5 Å². The summed E-state index contributed by atoms with van der Waals surface area (Å²) in [5.74, 6) is 2.15. The molecule has 5 nitrogen and oxygen atoms in total. The van der Waals surface area contributed by atoms with Gasteiger partial charge in [-0.05, 0) is 54.8 Å². The maximum atomic E-state index is 12.0. The molecule has 2 aromatic rings. The Bertz CT molecular complexity index is 726. The second-order valence-electron chi connectivity index (χ2n) is 5.86. The fourth-order valence-corrected chi connectivity index (χ4v) is 2.67. The number of nitrogens with one attached hydrogen (secondary N) is 1. The lowest BCUT2D eigenvalue weighted by atomic mass is 10.2. The quantitative estimate of drug-likeness (QED) is 0.667. The molecule has 0 saturated heterocycles. The molecule has 140 valence electrons. The Labute approximate surface area is 159 Å². The van der Waals surface area contributed by atoms with Crippen LogP contribution in [0, 0.1) is 6.92 Å². The molecule has 0 spiro atoms. The van der Waals surface area contributed by atoms with E-state index < -0.39 is 0 Å². The molecule has 1 amide bonds. The number of methoxy groups -OCH3 is 2. The average Bonchev–Trinajstić information content (AvgIpc) is 2.64. The summed E-state index contributed by atoms with van der Waals surface area (Å²) < 4.78 is 16.1. The van der Waals surface area contributed by atoms with Crippen LogP contribution in [0.3, 0.4) is 0 Å². The molecule has 0 unspecified atom stereocenters. The van der Waals surface area contributed by atoms with Crippen molar-refractivity contribution in [2.75, 3.05) is 20.8 Å². The highest BCUT2D eigenvalue weighted by Crippen LogP contribution is 2.23. The smallest absolute Gasteiger partial charge is 0.220 e. The van der Waals surface area contributed by atoms with Gasteiger partial charge in [0.2, 0.25) is 5.91 Å². The van der Waals surface area contributed by atoms with Crippen molar-refractivity contribution in [1.29, 1.82) is 0 Å². The maximum Gasteiger partial charge on any atom is 0.220 e. The largest absolute Gasteiger partial charge is 0.497 e. The number of hydrogen-bond acceptors (Lipinski definition) is 4. The molecule has 2 rings (SSSR count). The van der Waals surface area contributed by atoms with Crippen LogP contribution in [0.2, 0.25) is 5.02 Å². The molecule has 0 aliphatic carbocycles. The van der Waals surface area contributed by atoms with Crippen molar-refractivity contribution in [3.63, 3.8) is 0 Å². The average molecular weight is 378 g/mol. The molecule has 0 radical (unpaired) electrons. The molecular weight excluding hydrogens is 354 g/mol. The molecule has 0 fully saturated rings. The Morgan fingerprint density at radius 1 is 1.08 bits per heavy atom. The SMILES string of the molecule is COc1cc(CNC(=O)CCCOc2ccc(Cl)cc2C)cc(OC)c1. The van der Waals surface area contributed by atoms with Crippen LogP contribution in [-0.2, 0) is 11.3 Å². The third kappa shape index (κ3) is 6.15. The predicted octanol–water partition coefficient (Wildman–Crippen LogP) is 4.14. The van der Waals surface area contributed by atoms with Crippen LogP contribution in [0.5, 0.6) is 17.2 Å². The molecule has 0 atom stereocenters. The highest BCUT2D eigenvalue weighted by molar-refractivity contribution is 6.30. The summed E-state index contributed by atoms with van der Waals surface area (Å²) in [6, 6.07) is 11.0. The Hall–Kier alpha value is -2.40. The molecule has 0 aliphatic rings. The van der Waals surface area contributed by atoms with E-state index in [2.05, 4.69) is 5.32 Å². The molecule has 0 saturated carbocycles. The fourth-order valence-electron chi connectivity index (χ4n) is 2.45. The highest BCUT2D eigenvalue weighted by Gasteiger charge is 2.06. The topological polar surface area (TPSA) is 56.8 Å². The zero-order valence-electron chi connectivity index (χ0n) is 15.3. The third-order valence-corrected chi connectivity index (χ3v) is 4.08. The van der Waals surface area contributed by atoms with Gasteiger partial charge in [0, 0.05) is 24.1 Å². The number of rotatable bonds is 9. The van der Waals surface area contributed by atoms with Crippen LogP contribution in [0.15, 0.2) is 36.4 Å². The van der Waals surface area contributed by atoms with Crippen molar-refractivity contribution in [2.24, 2.45) is 0 Å². The summed E-state index contributed by atoms with van der Waals surface area (Å²) in [5.41, 5.74) is 1.90. The van der Waals surface area contributed by atoms with Gasteiger partial charge in [-0.1, -0.05) is 11.6 Å². The summed E-state index contributed by atoms with van der Waals surface area (Å²) in [5, 5.41) is 3.58. The highest BCUT2D eigenvalue weighted by atomic mass is 35.5. The minimum Gasteiger partial charge on any atom is -0.497 e. The van der Waals surface area contributed by atoms with Gasteiger partial charge in [-0.2, -0.15) is 0 Å². The Balaban J connectivity index is 1.74. The first-order chi connectivity index (χ1) is 12.5. The molecule has 0 aliphatic heterocycles. The van der Waals surface area contributed by atoms with Crippen LogP contribution in [0.4, 0.5) is 0 Å². The second-order valence-corrected chi connectivity index (χ2v) is 6.30. The van der Waals surface area contributed by atoms with Crippen LogP contribution in [-0.4, -0.2) is 26.7 Å². The number of ether oxygens (including phenoxy) is 3. The van der Waals surface area contributed by atoms with Crippen molar-refractivity contribution in [3.05, 3.63) is 52.5 Å². The van der Waals surface area contributed by atoms with E-state index in [1.165, 1.54) is 0 Å². The van der Waals surface area contributed by atoms with E-state index in [1.807, 2.05) is 31.2 Å². The molecule has 26 heavy (non-hydrogen) atoms. The molecule has 2 aromatic carbocycles. The Kier molecular flexibility index (Phi) is 7.60. The summed E-state index contributed by atoms with van der Waals surface area (Å²) in [4.78, 5) is 12.0. The zero-order valence-corrected chi connectivity index (χ0v) is 16.1. The number of benzene rings is 2. The number of amides is 1. The summed E-state index contributed by atoms with van der Waals surface area (Å²) in [7, 11) is 3.19. The van der Waals surface area contributed by atoms with Gasteiger partial charge >= 0.3 is 0 Å². The van der Waals surface area contributed by atoms with E-state index in [9.17, 15) is 4.79 Å². The van der Waals surface area contributed by atoms with Crippen molar-refractivity contribution in [3.8, 4) is 17.2 Å². The Morgan fingerprint density at radius 3 is 2.38 bits per heavy atom. The second kappa shape index (κ2) is 9.92. The van der Waals surface area contributed by atoms with Crippen molar-refractivity contribution < 1.29 is 19.0 Å². The first-order valence-corrected chi connectivity index (χ1v) is 8.77. The first kappa shape index (κ1) is 19.9. The normalized spacial score (nSPS) is 10.3. The lowest BCUT2D eigenvalue weighted by molar-refractivity contribution is -0.121. The van der Waals surface area contributed by atoms with Crippen molar-refractivity contribution >= 4 is 17.5 Å². The number of aryl methyl sites for hydroxylation is 1. The van der Waals surface area contributed by atoms with Crippen molar-refractivity contribution in [2.45, 2.75) is 26.3 Å². The third-order valence-electron chi connectivity index (χ3n) is 3.84. The van der Waals surface area contributed by atoms with E-state index in [0.717, 1.165) is 16.9 Å². The van der Waals surface area contributed by atoms with E-state index in [4.69, 9.17) is 25.8 Å². The lowest BCUT2D eigenvalue weighted by Gasteiger charge is -2.11. The monoisotopic (exact) mass is 377 g/mol. The molecular formula is C20H24ClNO4. The minimum atomic E-state index is -0.0248. The van der Waals surface area contributed by atoms with E-state index in [1.54, 1.807) is 26.4 Å². The van der Waals surface area contributed by atoms with Gasteiger partial charge < -0.3 is 19.5 Å². The molecule has 1 N–H and O–H groups in total. The van der Waals surface area contributed by atoms with Crippen molar-refractivity contribution in [1.82, 2.24) is 5.32 Å². The zero-order chi connectivity index (χ0) is 18.9. The number of halogens is 1. The van der Waals surface area contributed by atoms with Gasteiger partial charge in [0.05, 0.1) is 20.8 Å². The molecule has 6 heteroatoms. The van der Waals surface area contributed by atoms with Gasteiger partial charge in [0.25, 0.3) is 0 Å². The molecule has 0 aromatic heterocycles. The summed E-state index contributed by atoms with van der Waals surface area (Å²) in [6.45, 7) is 2.84. The van der Waals surface area contributed by atoms with Gasteiger partial charge in [-0.3, -0.25) is 4.79 Å². The lowest BCUT2D eigenvalue weighted by Crippen LogP contribution is -2.23. The Morgan fingerprint density at radius 2 is 1.77 bits per heavy atom. The molecule has 0 bridgehead atoms. The van der Waals surface area contributed by atoms with E-state index in [0.29, 0.717) is 42.5 Å². The van der Waals surface area contributed by atoms with E-state index >= 15 is 0 Å². The van der Waals surface area contributed by atoms with Gasteiger partial charge in [0.15, 0.2) is 0 Å². The predicted molar refractivity (Wildman–Crippen MR) is 102 cm³/mol. The first-order valence-electron chi connectivity index (χ1n) is 8.39. The van der Waals surface area contributed by atoms with Gasteiger partial charge in [-0.25, -0.2) is 0 Å². The van der Waals surface area contributed by atoms with E-state index in [-0.39, 0.29) is 5.91 Å². The number of carbonyl (C=O) groups is 1. The van der Waals surface area contributed by atoms with Crippen LogP contribution in [0.1, 0.15) is 24.0 Å². The van der Waals surface area contributed by atoms with Gasteiger partial charge in [0.1, 0.15) is 17.2 Å². The van der Waals surface area contributed by atoms with Gasteiger partial charge in [-0.15, -0.1) is 0 Å². The maximum absolute atomic E-state index is 12.0.